The van der Waals surface area contributed by atoms with Crippen molar-refractivity contribution < 1.29 is 13.2 Å². The molecular formula is C16H20N2O3S2. The van der Waals surface area contributed by atoms with Gasteiger partial charge in [0.15, 0.2) is 0 Å². The summed E-state index contributed by atoms with van der Waals surface area (Å²) in [7, 11) is -3.51. The van der Waals surface area contributed by atoms with E-state index in [1.54, 1.807) is 22.4 Å². The van der Waals surface area contributed by atoms with Crippen molar-refractivity contribution >= 4 is 33.0 Å². The summed E-state index contributed by atoms with van der Waals surface area (Å²) in [4.78, 5) is 13.5. The third-order valence-corrected chi connectivity index (χ3v) is 6.14. The van der Waals surface area contributed by atoms with Crippen molar-refractivity contribution in [3.8, 4) is 0 Å². The van der Waals surface area contributed by atoms with E-state index in [1.165, 1.54) is 6.92 Å². The highest BCUT2D eigenvalue weighted by atomic mass is 32.2. The van der Waals surface area contributed by atoms with Crippen LogP contribution in [0.25, 0.3) is 0 Å². The lowest BCUT2D eigenvalue weighted by Crippen LogP contribution is -2.37. The first-order chi connectivity index (χ1) is 10.8. The quantitative estimate of drug-likeness (QED) is 0.869. The normalized spacial score (nSPS) is 11.4. The minimum atomic E-state index is -3.51. The molecule has 1 amide bonds. The minimum absolute atomic E-state index is 0.120. The second kappa shape index (κ2) is 7.25. The van der Waals surface area contributed by atoms with Gasteiger partial charge < -0.3 is 4.90 Å². The number of benzene rings is 1. The Bertz CT molecular complexity index is 763. The van der Waals surface area contributed by atoms with Crippen LogP contribution in [0.3, 0.4) is 0 Å². The zero-order valence-electron chi connectivity index (χ0n) is 13.4. The Morgan fingerprint density at radius 1 is 1.22 bits per heavy atom. The van der Waals surface area contributed by atoms with Crippen LogP contribution in [0.4, 0.5) is 5.69 Å². The molecule has 0 bridgehead atoms. The number of anilines is 1. The first-order valence-corrected chi connectivity index (χ1v) is 9.55. The molecule has 1 heterocycles. The number of carbonyl (C=O) groups is 1. The van der Waals surface area contributed by atoms with Crippen molar-refractivity contribution in [3.63, 3.8) is 0 Å². The van der Waals surface area contributed by atoms with Crippen molar-refractivity contribution in [1.82, 2.24) is 4.72 Å². The molecule has 0 fully saturated rings. The molecule has 23 heavy (non-hydrogen) atoms. The highest BCUT2D eigenvalue weighted by Crippen LogP contribution is 2.19. The Labute approximate surface area is 141 Å². The van der Waals surface area contributed by atoms with Crippen LogP contribution >= 0.6 is 11.3 Å². The Balaban J connectivity index is 2.08. The van der Waals surface area contributed by atoms with E-state index in [-0.39, 0.29) is 23.2 Å². The van der Waals surface area contributed by atoms with Gasteiger partial charge in [-0.3, -0.25) is 4.79 Å². The third kappa shape index (κ3) is 4.63. The molecule has 7 heteroatoms. The van der Waals surface area contributed by atoms with E-state index in [1.807, 2.05) is 32.0 Å². The number of amides is 1. The minimum Gasteiger partial charge on any atom is -0.311 e. The summed E-state index contributed by atoms with van der Waals surface area (Å²) in [6.45, 7) is 5.85. The first kappa shape index (κ1) is 17.7. The molecule has 124 valence electrons. The molecule has 0 atom stereocenters. The van der Waals surface area contributed by atoms with Gasteiger partial charge in [0, 0.05) is 25.7 Å². The van der Waals surface area contributed by atoms with Crippen LogP contribution in [0.2, 0.25) is 0 Å². The molecule has 5 nitrogen and oxygen atoms in total. The number of rotatable bonds is 6. The molecule has 2 rings (SSSR count). The molecule has 0 spiro atoms. The van der Waals surface area contributed by atoms with Gasteiger partial charge in [-0.1, -0.05) is 12.1 Å². The van der Waals surface area contributed by atoms with E-state index in [9.17, 15) is 13.2 Å². The fraction of sp³-hybridized carbons (Fsp3) is 0.312. The maximum absolute atomic E-state index is 12.1. The van der Waals surface area contributed by atoms with Gasteiger partial charge in [-0.25, -0.2) is 13.1 Å². The summed E-state index contributed by atoms with van der Waals surface area (Å²) in [6.07, 6.45) is 0. The zero-order chi connectivity index (χ0) is 17.0. The van der Waals surface area contributed by atoms with E-state index in [0.29, 0.717) is 0 Å². The van der Waals surface area contributed by atoms with Crippen molar-refractivity contribution in [1.29, 1.82) is 0 Å². The third-order valence-electron chi connectivity index (χ3n) is 3.29. The molecule has 0 saturated heterocycles. The van der Waals surface area contributed by atoms with Crippen molar-refractivity contribution in [2.75, 3.05) is 18.0 Å². The van der Waals surface area contributed by atoms with Crippen LogP contribution in [0.1, 0.15) is 18.1 Å². The molecular weight excluding hydrogens is 332 g/mol. The average Bonchev–Trinajstić information content (AvgIpc) is 2.96. The maximum atomic E-state index is 12.1. The van der Waals surface area contributed by atoms with Gasteiger partial charge in [-0.15, -0.1) is 11.3 Å². The van der Waals surface area contributed by atoms with E-state index in [0.717, 1.165) is 28.2 Å². The van der Waals surface area contributed by atoms with E-state index in [4.69, 9.17) is 0 Å². The second-order valence-electron chi connectivity index (χ2n) is 5.35. The van der Waals surface area contributed by atoms with Crippen molar-refractivity contribution in [2.24, 2.45) is 0 Å². The molecule has 0 unspecified atom stereocenters. The lowest BCUT2D eigenvalue weighted by atomic mass is 10.1. The Kier molecular flexibility index (Phi) is 5.56. The van der Waals surface area contributed by atoms with Gasteiger partial charge in [-0.2, -0.15) is 0 Å². The second-order valence-corrected chi connectivity index (χ2v) is 8.29. The van der Waals surface area contributed by atoms with Crippen molar-refractivity contribution in [3.05, 3.63) is 46.8 Å². The predicted octanol–water partition coefficient (Wildman–Crippen LogP) is 2.70. The number of sulfonamides is 1. The molecule has 0 saturated carbocycles. The van der Waals surface area contributed by atoms with Crippen LogP contribution in [-0.2, 0) is 14.8 Å². The van der Waals surface area contributed by atoms with E-state index >= 15 is 0 Å². The molecule has 1 N–H and O–H groups in total. The summed E-state index contributed by atoms with van der Waals surface area (Å²) in [5, 5.41) is 1.71. The standard InChI is InChI=1S/C16H20N2O3S2/c1-12-9-13(2)11-15(10-12)18(14(3)19)7-6-17-23(20,21)16-5-4-8-22-16/h4-5,8-11,17H,6-7H2,1-3H3. The topological polar surface area (TPSA) is 66.5 Å². The molecule has 0 aliphatic carbocycles. The molecule has 0 aliphatic rings. The number of nitrogens with one attached hydrogen (secondary N) is 1. The fourth-order valence-corrected chi connectivity index (χ4v) is 4.41. The smallest absolute Gasteiger partial charge is 0.250 e. The Morgan fingerprint density at radius 2 is 1.87 bits per heavy atom. The highest BCUT2D eigenvalue weighted by Gasteiger charge is 2.17. The molecule has 0 radical (unpaired) electrons. The number of hydrogen-bond donors (Lipinski definition) is 1. The largest absolute Gasteiger partial charge is 0.311 e. The van der Waals surface area contributed by atoms with Gasteiger partial charge in [0.2, 0.25) is 15.9 Å². The number of thiophene rings is 1. The summed E-state index contributed by atoms with van der Waals surface area (Å²) < 4.78 is 27.0. The SMILES string of the molecule is CC(=O)N(CCNS(=O)(=O)c1cccs1)c1cc(C)cc(C)c1. The first-order valence-electron chi connectivity index (χ1n) is 7.19. The number of carbonyl (C=O) groups excluding carboxylic acids is 1. The van der Waals surface area contributed by atoms with Crippen LogP contribution in [0.5, 0.6) is 0 Å². The summed E-state index contributed by atoms with van der Waals surface area (Å²) >= 11 is 1.16. The van der Waals surface area contributed by atoms with Gasteiger partial charge in [-0.05, 0) is 48.6 Å². The summed E-state index contributed by atoms with van der Waals surface area (Å²) in [5.74, 6) is -0.120. The van der Waals surface area contributed by atoms with Gasteiger partial charge in [0.1, 0.15) is 4.21 Å². The van der Waals surface area contributed by atoms with Gasteiger partial charge >= 0.3 is 0 Å². The van der Waals surface area contributed by atoms with E-state index < -0.39 is 10.0 Å². The predicted molar refractivity (Wildman–Crippen MR) is 93.5 cm³/mol. The number of aryl methyl sites for hydroxylation is 2. The fourth-order valence-electron chi connectivity index (χ4n) is 2.35. The number of nitrogens with zero attached hydrogens (tertiary/aromatic N) is 1. The molecule has 1 aromatic carbocycles. The lowest BCUT2D eigenvalue weighted by molar-refractivity contribution is -0.116. The zero-order valence-corrected chi connectivity index (χ0v) is 15.0. The van der Waals surface area contributed by atoms with Gasteiger partial charge in [0.25, 0.3) is 0 Å². The average molecular weight is 352 g/mol. The van der Waals surface area contributed by atoms with Crippen LogP contribution in [0.15, 0.2) is 39.9 Å². The van der Waals surface area contributed by atoms with Crippen LogP contribution in [0, 0.1) is 13.8 Å². The molecule has 2 aromatic rings. The van der Waals surface area contributed by atoms with Crippen molar-refractivity contribution in [2.45, 2.75) is 25.0 Å². The highest BCUT2D eigenvalue weighted by molar-refractivity contribution is 7.91. The molecule has 0 aliphatic heterocycles. The summed E-state index contributed by atoms with van der Waals surface area (Å²) in [5.41, 5.74) is 2.90. The molecule has 1 aromatic heterocycles. The van der Waals surface area contributed by atoms with Crippen LogP contribution in [-0.4, -0.2) is 27.4 Å². The maximum Gasteiger partial charge on any atom is 0.250 e. The number of hydrogen-bond acceptors (Lipinski definition) is 4. The van der Waals surface area contributed by atoms with Gasteiger partial charge in [0.05, 0.1) is 0 Å². The van der Waals surface area contributed by atoms with Crippen LogP contribution < -0.4 is 9.62 Å². The Hall–Kier alpha value is -1.70. The van der Waals surface area contributed by atoms with E-state index in [2.05, 4.69) is 4.72 Å². The summed E-state index contributed by atoms with van der Waals surface area (Å²) in [6, 6.07) is 9.11. The Morgan fingerprint density at radius 3 is 2.39 bits per heavy atom. The lowest BCUT2D eigenvalue weighted by Gasteiger charge is -2.22. The monoisotopic (exact) mass is 352 g/mol.